The molecule has 6 heteroatoms. The lowest BCUT2D eigenvalue weighted by Crippen LogP contribution is -2.23. The van der Waals surface area contributed by atoms with Gasteiger partial charge in [0.25, 0.3) is 0 Å². The molecule has 1 aliphatic carbocycles. The quantitative estimate of drug-likeness (QED) is 0.742. The first-order valence-corrected chi connectivity index (χ1v) is 9.31. The summed E-state index contributed by atoms with van der Waals surface area (Å²) >= 11 is 3.33. The Morgan fingerprint density at radius 3 is 2.43 bits per heavy atom. The summed E-state index contributed by atoms with van der Waals surface area (Å²) in [5.74, 6) is -0.226. The Kier molecular flexibility index (Phi) is 4.49. The van der Waals surface area contributed by atoms with E-state index in [4.69, 9.17) is 4.74 Å². The highest BCUT2D eigenvalue weighted by Gasteiger charge is 2.53. The Bertz CT molecular complexity index is 660. The highest BCUT2D eigenvalue weighted by molar-refractivity contribution is 9.10. The Morgan fingerprint density at radius 2 is 2.00 bits per heavy atom. The van der Waals surface area contributed by atoms with Gasteiger partial charge in [0.2, 0.25) is 0 Å². The van der Waals surface area contributed by atoms with Gasteiger partial charge in [0.05, 0.1) is 22.2 Å². The van der Waals surface area contributed by atoms with Crippen LogP contribution in [0, 0.1) is 0 Å². The van der Waals surface area contributed by atoms with Gasteiger partial charge >= 0.3 is 5.97 Å². The summed E-state index contributed by atoms with van der Waals surface area (Å²) in [4.78, 5) is 12.3. The van der Waals surface area contributed by atoms with Gasteiger partial charge in [-0.05, 0) is 67.2 Å². The number of carbonyl (C=O) groups is 1. The number of halogens is 1. The molecule has 4 nitrogen and oxygen atoms in total. The van der Waals surface area contributed by atoms with Crippen molar-refractivity contribution in [3.05, 3.63) is 28.2 Å². The van der Waals surface area contributed by atoms with E-state index in [2.05, 4.69) is 15.9 Å². The van der Waals surface area contributed by atoms with Crippen molar-refractivity contribution >= 4 is 31.7 Å². The maximum absolute atomic E-state index is 12.2. The molecular formula is C15H19BrO4S. The molecule has 0 heterocycles. The predicted molar refractivity (Wildman–Crippen MR) is 84.0 cm³/mol. The second-order valence-corrected chi connectivity index (χ2v) is 8.87. The molecule has 0 unspecified atom stereocenters. The highest BCUT2D eigenvalue weighted by atomic mass is 79.9. The zero-order valence-corrected chi connectivity index (χ0v) is 14.8. The summed E-state index contributed by atoms with van der Waals surface area (Å²) in [6.45, 7) is 5.43. The van der Waals surface area contributed by atoms with Crippen LogP contribution < -0.4 is 0 Å². The monoisotopic (exact) mass is 374 g/mol. The molecule has 1 aromatic rings. The fraction of sp³-hybridized carbons (Fsp3) is 0.533. The molecule has 0 aliphatic heterocycles. The van der Waals surface area contributed by atoms with E-state index >= 15 is 0 Å². The van der Waals surface area contributed by atoms with Crippen molar-refractivity contribution in [2.75, 3.05) is 6.61 Å². The van der Waals surface area contributed by atoms with Crippen molar-refractivity contribution in [1.82, 2.24) is 0 Å². The molecule has 0 atom stereocenters. The number of esters is 1. The molecule has 1 aliphatic rings. The minimum atomic E-state index is -3.34. The molecule has 0 bridgehead atoms. The number of benzene rings is 1. The second-order valence-electron chi connectivity index (χ2n) is 5.54. The van der Waals surface area contributed by atoms with Gasteiger partial charge in [-0.3, -0.25) is 4.79 Å². The van der Waals surface area contributed by atoms with E-state index in [0.29, 0.717) is 11.1 Å². The number of rotatable bonds is 5. The van der Waals surface area contributed by atoms with Crippen molar-refractivity contribution in [1.29, 1.82) is 0 Å². The lowest BCUT2D eigenvalue weighted by Gasteiger charge is -2.16. The molecular weight excluding hydrogens is 356 g/mol. The Morgan fingerprint density at radius 1 is 1.38 bits per heavy atom. The lowest BCUT2D eigenvalue weighted by molar-refractivity contribution is -0.146. The predicted octanol–water partition coefficient (Wildman–Crippen LogP) is 3.23. The number of hydrogen-bond acceptors (Lipinski definition) is 4. The standard InChI is InChI=1S/C15H19BrO4S/c1-4-20-14(17)15(7-8-15)11-5-6-13(12(16)9-11)21(18,19)10(2)3/h5-6,9-10H,4,7-8H2,1-3H3. The topological polar surface area (TPSA) is 60.4 Å². The van der Waals surface area contributed by atoms with Crippen LogP contribution in [0.4, 0.5) is 0 Å². The van der Waals surface area contributed by atoms with Crippen LogP contribution in [0.1, 0.15) is 39.2 Å². The first-order valence-electron chi connectivity index (χ1n) is 6.97. The Hall–Kier alpha value is -0.880. The van der Waals surface area contributed by atoms with Crippen LogP contribution in [0.2, 0.25) is 0 Å². The maximum atomic E-state index is 12.2. The highest BCUT2D eigenvalue weighted by Crippen LogP contribution is 2.50. The third-order valence-electron chi connectivity index (χ3n) is 3.83. The number of carbonyl (C=O) groups excluding carboxylic acids is 1. The number of sulfone groups is 1. The van der Waals surface area contributed by atoms with Gasteiger partial charge < -0.3 is 4.74 Å². The normalized spacial score (nSPS) is 16.8. The van der Waals surface area contributed by atoms with E-state index in [0.717, 1.165) is 18.4 Å². The Labute approximate surface area is 133 Å². The SMILES string of the molecule is CCOC(=O)C1(c2ccc(S(=O)(=O)C(C)C)c(Br)c2)CC1. The van der Waals surface area contributed by atoms with E-state index in [9.17, 15) is 13.2 Å². The number of ether oxygens (including phenoxy) is 1. The molecule has 2 rings (SSSR count). The molecule has 0 spiro atoms. The molecule has 0 saturated heterocycles. The minimum absolute atomic E-state index is 0.226. The fourth-order valence-electron chi connectivity index (χ4n) is 2.29. The van der Waals surface area contributed by atoms with Gasteiger partial charge in [0.15, 0.2) is 9.84 Å². The summed E-state index contributed by atoms with van der Waals surface area (Å²) in [5.41, 5.74) is 0.231. The fourth-order valence-corrected chi connectivity index (χ4v) is 4.44. The van der Waals surface area contributed by atoms with Crippen LogP contribution in [0.15, 0.2) is 27.6 Å². The largest absolute Gasteiger partial charge is 0.465 e. The van der Waals surface area contributed by atoms with Gasteiger partial charge in [-0.15, -0.1) is 0 Å². The summed E-state index contributed by atoms with van der Waals surface area (Å²) < 4.78 is 30.1. The molecule has 0 aromatic heterocycles. The van der Waals surface area contributed by atoms with Gasteiger partial charge in [-0.25, -0.2) is 8.42 Å². The third kappa shape index (κ3) is 2.88. The lowest BCUT2D eigenvalue weighted by atomic mass is 9.96. The molecule has 116 valence electrons. The first-order chi connectivity index (χ1) is 9.75. The van der Waals surface area contributed by atoms with Crippen LogP contribution in [0.5, 0.6) is 0 Å². The number of hydrogen-bond donors (Lipinski definition) is 0. The maximum Gasteiger partial charge on any atom is 0.316 e. The van der Waals surface area contributed by atoms with Gasteiger partial charge in [-0.2, -0.15) is 0 Å². The van der Waals surface area contributed by atoms with E-state index in [1.54, 1.807) is 39.0 Å². The summed E-state index contributed by atoms with van der Waals surface area (Å²) in [5, 5.41) is -0.486. The first kappa shape index (κ1) is 16.5. The summed E-state index contributed by atoms with van der Waals surface area (Å²) in [6, 6.07) is 5.04. The van der Waals surface area contributed by atoms with Crippen LogP contribution in [0.3, 0.4) is 0 Å². The third-order valence-corrected chi connectivity index (χ3v) is 6.96. The van der Waals surface area contributed by atoms with Crippen molar-refractivity contribution in [2.45, 2.75) is 49.2 Å². The molecule has 1 saturated carbocycles. The van der Waals surface area contributed by atoms with Crippen molar-refractivity contribution in [3.63, 3.8) is 0 Å². The zero-order valence-electron chi connectivity index (χ0n) is 12.3. The van der Waals surface area contributed by atoms with Crippen LogP contribution in [-0.2, 0) is 24.8 Å². The van der Waals surface area contributed by atoms with Gasteiger partial charge in [0, 0.05) is 4.47 Å². The molecule has 1 aromatic carbocycles. The Balaban J connectivity index is 2.39. The van der Waals surface area contributed by atoms with E-state index in [1.807, 2.05) is 0 Å². The molecule has 0 amide bonds. The van der Waals surface area contributed by atoms with Crippen LogP contribution >= 0.6 is 15.9 Å². The minimum Gasteiger partial charge on any atom is -0.465 e. The van der Waals surface area contributed by atoms with Crippen LogP contribution in [0.25, 0.3) is 0 Å². The average Bonchev–Trinajstić information content (AvgIpc) is 3.19. The van der Waals surface area contributed by atoms with E-state index < -0.39 is 20.5 Å². The van der Waals surface area contributed by atoms with Crippen molar-refractivity contribution in [3.8, 4) is 0 Å². The van der Waals surface area contributed by atoms with Gasteiger partial charge in [0.1, 0.15) is 0 Å². The van der Waals surface area contributed by atoms with Crippen molar-refractivity contribution in [2.24, 2.45) is 0 Å². The smallest absolute Gasteiger partial charge is 0.316 e. The van der Waals surface area contributed by atoms with Crippen LogP contribution in [-0.4, -0.2) is 26.2 Å². The average molecular weight is 375 g/mol. The van der Waals surface area contributed by atoms with E-state index in [-0.39, 0.29) is 10.9 Å². The molecule has 1 fully saturated rings. The second kappa shape index (κ2) is 5.72. The summed E-state index contributed by atoms with van der Waals surface area (Å²) in [7, 11) is -3.34. The van der Waals surface area contributed by atoms with E-state index in [1.165, 1.54) is 0 Å². The molecule has 21 heavy (non-hydrogen) atoms. The molecule has 0 N–H and O–H groups in total. The molecule has 0 radical (unpaired) electrons. The van der Waals surface area contributed by atoms with Crippen molar-refractivity contribution < 1.29 is 17.9 Å². The zero-order chi connectivity index (χ0) is 15.8. The summed E-state index contributed by atoms with van der Waals surface area (Å²) in [6.07, 6.45) is 1.49. The van der Waals surface area contributed by atoms with Gasteiger partial charge in [-0.1, -0.05) is 6.07 Å².